The van der Waals surface area contributed by atoms with Gasteiger partial charge in [0.05, 0.1) is 12.2 Å². The highest BCUT2D eigenvalue weighted by molar-refractivity contribution is 5.67. The molecule has 7 bridgehead atoms. The Morgan fingerprint density at radius 1 is 1.31 bits per heavy atom. The summed E-state index contributed by atoms with van der Waals surface area (Å²) in [6, 6.07) is 0.281. The van der Waals surface area contributed by atoms with Crippen LogP contribution in [0.1, 0.15) is 52.9 Å². The van der Waals surface area contributed by atoms with Gasteiger partial charge in [0, 0.05) is 42.2 Å². The minimum atomic E-state index is -0.479. The zero-order chi connectivity index (χ0) is 20.5. The van der Waals surface area contributed by atoms with E-state index in [0.717, 1.165) is 50.8 Å². The van der Waals surface area contributed by atoms with E-state index in [9.17, 15) is 15.0 Å². The summed E-state index contributed by atoms with van der Waals surface area (Å²) < 4.78 is 6.01. The standard InChI is InChI=1S/C24H35NO4/c1-5-25-11-22(4)8-7-17(27)24-16(22)10-15(20(24)25)23-9-6-14(18(28)19(23)24)12(2)21(23)29-13(3)26/h14-21,27-28H,2,5-11H2,1,3-4H3. The van der Waals surface area contributed by atoms with Gasteiger partial charge in [-0.1, -0.05) is 20.4 Å². The van der Waals surface area contributed by atoms with Crippen LogP contribution < -0.4 is 0 Å². The molecular weight excluding hydrogens is 366 g/mol. The number of rotatable bonds is 2. The molecule has 7 rings (SSSR count). The molecule has 1 saturated heterocycles. The Morgan fingerprint density at radius 2 is 2.07 bits per heavy atom. The summed E-state index contributed by atoms with van der Waals surface area (Å²) in [5, 5.41) is 23.4. The number of carbonyl (C=O) groups excluding carboxylic acids is 1. The van der Waals surface area contributed by atoms with Gasteiger partial charge in [0.15, 0.2) is 0 Å². The monoisotopic (exact) mass is 401 g/mol. The van der Waals surface area contributed by atoms with Crippen LogP contribution in [-0.4, -0.2) is 58.5 Å². The number of fused-ring (bicyclic) bond motifs is 2. The van der Waals surface area contributed by atoms with Gasteiger partial charge in [-0.15, -0.1) is 0 Å². The van der Waals surface area contributed by atoms with E-state index in [2.05, 4.69) is 25.3 Å². The highest BCUT2D eigenvalue weighted by Gasteiger charge is 2.86. The first-order chi connectivity index (χ1) is 13.7. The van der Waals surface area contributed by atoms with Gasteiger partial charge in [0.25, 0.3) is 0 Å². The molecule has 1 aliphatic heterocycles. The van der Waals surface area contributed by atoms with Crippen LogP contribution in [0.15, 0.2) is 12.2 Å². The Hall–Kier alpha value is -0.910. The van der Waals surface area contributed by atoms with Gasteiger partial charge in [-0.2, -0.15) is 0 Å². The number of aliphatic hydroxyl groups excluding tert-OH is 2. The van der Waals surface area contributed by atoms with E-state index in [1.165, 1.54) is 6.92 Å². The third-order valence-electron chi connectivity index (χ3n) is 10.8. The average Bonchev–Trinajstić information content (AvgIpc) is 3.11. The lowest BCUT2D eigenvalue weighted by molar-refractivity contribution is -0.259. The molecule has 29 heavy (non-hydrogen) atoms. The van der Waals surface area contributed by atoms with Gasteiger partial charge in [0.1, 0.15) is 6.10 Å². The Kier molecular flexibility index (Phi) is 3.55. The zero-order valence-electron chi connectivity index (χ0n) is 17.9. The fraction of sp³-hybridized carbons (Fsp3) is 0.875. The molecule has 0 aromatic heterocycles. The SMILES string of the molecule is C=C1C2CCC3(C1OC(C)=O)C1CC4C5(C)CCC(O)C4(C1N(CC)C5)C3C2O. The first-order valence-corrected chi connectivity index (χ1v) is 11.7. The highest BCUT2D eigenvalue weighted by atomic mass is 16.5. The van der Waals surface area contributed by atoms with Gasteiger partial charge in [-0.3, -0.25) is 9.69 Å². The molecule has 1 heterocycles. The number of piperidine rings is 1. The molecule has 0 aromatic rings. The van der Waals surface area contributed by atoms with Gasteiger partial charge < -0.3 is 14.9 Å². The van der Waals surface area contributed by atoms with Crippen LogP contribution in [-0.2, 0) is 9.53 Å². The number of nitrogens with zero attached hydrogens (tertiary/aromatic N) is 1. The molecule has 2 spiro atoms. The maximum atomic E-state index is 12.1. The molecule has 7 aliphatic rings. The number of ether oxygens (including phenoxy) is 1. The van der Waals surface area contributed by atoms with Crippen molar-refractivity contribution in [1.82, 2.24) is 4.90 Å². The maximum absolute atomic E-state index is 12.1. The summed E-state index contributed by atoms with van der Waals surface area (Å²) in [7, 11) is 0. The van der Waals surface area contributed by atoms with Gasteiger partial charge in [-0.05, 0) is 61.5 Å². The van der Waals surface area contributed by atoms with E-state index in [1.807, 2.05) is 0 Å². The number of hydrogen-bond donors (Lipinski definition) is 2. The first kappa shape index (κ1) is 18.8. The third kappa shape index (κ3) is 1.77. The summed E-state index contributed by atoms with van der Waals surface area (Å²) in [6.07, 6.45) is 3.73. The normalized spacial score (nSPS) is 59.7. The quantitative estimate of drug-likeness (QED) is 0.549. The van der Waals surface area contributed by atoms with Gasteiger partial charge in [0.2, 0.25) is 0 Å². The molecule has 5 nitrogen and oxygen atoms in total. The second-order valence-corrected chi connectivity index (χ2v) is 11.4. The van der Waals surface area contributed by atoms with E-state index in [1.54, 1.807) is 0 Å². The van der Waals surface area contributed by atoms with Gasteiger partial charge in [-0.25, -0.2) is 0 Å². The van der Waals surface area contributed by atoms with Crippen molar-refractivity contribution in [3.05, 3.63) is 12.2 Å². The summed E-state index contributed by atoms with van der Waals surface area (Å²) >= 11 is 0. The van der Waals surface area contributed by atoms with Crippen molar-refractivity contribution in [2.24, 2.45) is 39.9 Å². The van der Waals surface area contributed by atoms with Crippen LogP contribution in [0.5, 0.6) is 0 Å². The number of carbonyl (C=O) groups is 1. The number of likely N-dealkylation sites (tertiary alicyclic amines) is 1. The van der Waals surface area contributed by atoms with E-state index >= 15 is 0 Å². The largest absolute Gasteiger partial charge is 0.457 e. The smallest absolute Gasteiger partial charge is 0.303 e. The molecule has 2 N–H and O–H groups in total. The van der Waals surface area contributed by atoms with Crippen molar-refractivity contribution in [3.63, 3.8) is 0 Å². The predicted octanol–water partition coefficient (Wildman–Crippen LogP) is 2.36. The Balaban J connectivity index is 1.60. The molecule has 5 heteroatoms. The second-order valence-electron chi connectivity index (χ2n) is 11.4. The number of aliphatic hydroxyl groups is 2. The van der Waals surface area contributed by atoms with Crippen molar-refractivity contribution in [2.75, 3.05) is 13.1 Å². The lowest BCUT2D eigenvalue weighted by Crippen LogP contribution is -2.72. The lowest BCUT2D eigenvalue weighted by atomic mass is 9.38. The number of esters is 1. The Labute approximate surface area is 173 Å². The molecule has 11 unspecified atom stereocenters. The highest BCUT2D eigenvalue weighted by Crippen LogP contribution is 2.83. The summed E-state index contributed by atoms with van der Waals surface area (Å²) in [5.74, 6) is 0.532. The molecule has 6 saturated carbocycles. The van der Waals surface area contributed by atoms with Crippen molar-refractivity contribution >= 4 is 5.97 Å². The van der Waals surface area contributed by atoms with Crippen molar-refractivity contribution < 1.29 is 19.7 Å². The molecule has 7 fully saturated rings. The van der Waals surface area contributed by atoms with Crippen LogP contribution in [0, 0.1) is 39.9 Å². The minimum absolute atomic E-state index is 0.00123. The first-order valence-electron chi connectivity index (χ1n) is 11.7. The van der Waals surface area contributed by atoms with Crippen LogP contribution in [0.2, 0.25) is 0 Å². The molecular formula is C24H35NO4. The summed E-state index contributed by atoms with van der Waals surface area (Å²) in [4.78, 5) is 14.7. The van der Waals surface area contributed by atoms with Crippen molar-refractivity contribution in [2.45, 2.75) is 77.2 Å². The van der Waals surface area contributed by atoms with Gasteiger partial charge >= 0.3 is 5.97 Å². The Bertz CT molecular complexity index is 798. The van der Waals surface area contributed by atoms with Crippen molar-refractivity contribution in [3.8, 4) is 0 Å². The maximum Gasteiger partial charge on any atom is 0.303 e. The summed E-state index contributed by atoms with van der Waals surface area (Å²) in [6.45, 7) is 12.6. The molecule has 0 aromatic carbocycles. The van der Waals surface area contributed by atoms with E-state index < -0.39 is 6.10 Å². The Morgan fingerprint density at radius 3 is 2.76 bits per heavy atom. The third-order valence-corrected chi connectivity index (χ3v) is 10.8. The lowest BCUT2D eigenvalue weighted by Gasteiger charge is -2.69. The summed E-state index contributed by atoms with van der Waals surface area (Å²) in [5.41, 5.74) is 0.578. The fourth-order valence-corrected chi connectivity index (χ4v) is 10.3. The number of hydrogen-bond acceptors (Lipinski definition) is 5. The average molecular weight is 402 g/mol. The second kappa shape index (κ2) is 5.46. The van der Waals surface area contributed by atoms with E-state index in [0.29, 0.717) is 11.8 Å². The van der Waals surface area contributed by atoms with Crippen LogP contribution in [0.25, 0.3) is 0 Å². The molecule has 0 radical (unpaired) electrons. The van der Waals surface area contributed by atoms with E-state index in [-0.39, 0.29) is 52.3 Å². The van der Waals surface area contributed by atoms with Crippen molar-refractivity contribution in [1.29, 1.82) is 0 Å². The molecule has 0 amide bonds. The van der Waals surface area contributed by atoms with Crippen LogP contribution in [0.3, 0.4) is 0 Å². The topological polar surface area (TPSA) is 70.0 Å². The molecule has 160 valence electrons. The van der Waals surface area contributed by atoms with Crippen LogP contribution >= 0.6 is 0 Å². The predicted molar refractivity (Wildman–Crippen MR) is 108 cm³/mol. The zero-order valence-corrected chi connectivity index (χ0v) is 17.9. The fourth-order valence-electron chi connectivity index (χ4n) is 10.3. The minimum Gasteiger partial charge on any atom is -0.457 e. The van der Waals surface area contributed by atoms with Crippen LogP contribution in [0.4, 0.5) is 0 Å². The molecule has 11 atom stereocenters. The molecule has 6 aliphatic carbocycles. The van der Waals surface area contributed by atoms with E-state index in [4.69, 9.17) is 4.74 Å².